The molecule has 3 nitrogen and oxygen atoms in total. The smallest absolute Gasteiger partial charge is 0.226 e. The Labute approximate surface area is 125 Å². The molecule has 20 heavy (non-hydrogen) atoms. The second-order valence-electron chi connectivity index (χ2n) is 5.49. The fourth-order valence-corrected chi connectivity index (χ4v) is 1.92. The van der Waals surface area contributed by atoms with E-state index in [1.54, 1.807) is 6.20 Å². The van der Waals surface area contributed by atoms with E-state index in [4.69, 9.17) is 16.3 Å². The lowest BCUT2D eigenvalue weighted by Crippen LogP contribution is -2.14. The molecule has 0 aliphatic carbocycles. The Bertz CT molecular complexity index is 594. The zero-order valence-corrected chi connectivity index (χ0v) is 13.0. The molecule has 1 aromatic carbocycles. The highest BCUT2D eigenvalue weighted by molar-refractivity contribution is 6.28. The Morgan fingerprint density at radius 2 is 1.85 bits per heavy atom. The van der Waals surface area contributed by atoms with Crippen LogP contribution in [0.2, 0.25) is 5.28 Å². The van der Waals surface area contributed by atoms with E-state index in [1.165, 1.54) is 5.56 Å². The van der Waals surface area contributed by atoms with Gasteiger partial charge in [0.2, 0.25) is 11.2 Å². The van der Waals surface area contributed by atoms with Crippen molar-refractivity contribution in [1.29, 1.82) is 0 Å². The quantitative estimate of drug-likeness (QED) is 0.750. The lowest BCUT2D eigenvalue weighted by atomic mass is 9.82. The number of hydrogen-bond acceptors (Lipinski definition) is 3. The molecule has 0 unspecified atom stereocenters. The van der Waals surface area contributed by atoms with Gasteiger partial charge in [-0.15, -0.1) is 0 Å². The normalized spacial score (nSPS) is 11.4. The van der Waals surface area contributed by atoms with Crippen molar-refractivity contribution < 1.29 is 4.74 Å². The average molecular weight is 291 g/mol. The van der Waals surface area contributed by atoms with E-state index in [0.717, 1.165) is 17.7 Å². The first-order chi connectivity index (χ1) is 9.42. The topological polar surface area (TPSA) is 35.0 Å². The van der Waals surface area contributed by atoms with Gasteiger partial charge in [-0.1, -0.05) is 32.9 Å². The number of ether oxygens (including phenoxy) is 1. The van der Waals surface area contributed by atoms with E-state index in [0.29, 0.717) is 5.88 Å². The molecule has 0 aliphatic rings. The number of nitrogens with zero attached hydrogens (tertiary/aromatic N) is 2. The zero-order valence-electron chi connectivity index (χ0n) is 12.3. The first kappa shape index (κ1) is 14.8. The lowest BCUT2D eigenvalue weighted by Gasteiger charge is -2.23. The predicted molar refractivity (Wildman–Crippen MR) is 81.6 cm³/mol. The van der Waals surface area contributed by atoms with Gasteiger partial charge in [0.1, 0.15) is 5.75 Å². The van der Waals surface area contributed by atoms with Crippen LogP contribution in [0, 0.1) is 6.92 Å². The minimum absolute atomic E-state index is 0.173. The number of hydrogen-bond donors (Lipinski definition) is 0. The van der Waals surface area contributed by atoms with Gasteiger partial charge >= 0.3 is 0 Å². The third kappa shape index (κ3) is 3.28. The summed E-state index contributed by atoms with van der Waals surface area (Å²) < 4.78 is 5.76. The zero-order chi connectivity index (χ0) is 14.8. The molecule has 2 rings (SSSR count). The third-order valence-corrected chi connectivity index (χ3v) is 3.81. The monoisotopic (exact) mass is 290 g/mol. The van der Waals surface area contributed by atoms with Gasteiger partial charge in [-0.2, -0.15) is 4.98 Å². The highest BCUT2D eigenvalue weighted by Gasteiger charge is 2.17. The Morgan fingerprint density at radius 1 is 1.20 bits per heavy atom. The maximum atomic E-state index is 5.78. The van der Waals surface area contributed by atoms with E-state index >= 15 is 0 Å². The van der Waals surface area contributed by atoms with Crippen LogP contribution < -0.4 is 4.74 Å². The molecule has 106 valence electrons. The molecule has 0 bridgehead atoms. The van der Waals surface area contributed by atoms with Crippen LogP contribution in [0.4, 0.5) is 0 Å². The Balaban J connectivity index is 2.21. The second-order valence-corrected chi connectivity index (χ2v) is 5.83. The summed E-state index contributed by atoms with van der Waals surface area (Å²) in [6.07, 6.45) is 2.74. The Kier molecular flexibility index (Phi) is 4.29. The van der Waals surface area contributed by atoms with Crippen LogP contribution in [-0.2, 0) is 5.41 Å². The summed E-state index contributed by atoms with van der Waals surface area (Å²) in [7, 11) is 0. The summed E-state index contributed by atoms with van der Waals surface area (Å²) in [6, 6.07) is 8.11. The van der Waals surface area contributed by atoms with Crippen LogP contribution in [0.25, 0.3) is 0 Å². The molecule has 1 aromatic heterocycles. The highest BCUT2D eigenvalue weighted by atomic mass is 35.5. The van der Waals surface area contributed by atoms with Crippen molar-refractivity contribution >= 4 is 11.6 Å². The van der Waals surface area contributed by atoms with Crippen LogP contribution >= 0.6 is 11.6 Å². The fraction of sp³-hybridized carbons (Fsp3) is 0.375. The lowest BCUT2D eigenvalue weighted by molar-refractivity contribution is 0.455. The minimum atomic E-state index is 0.173. The SMILES string of the molecule is CCC(C)(C)c1ccc(Oc2nc(Cl)ncc2C)cc1. The molecule has 0 fully saturated rings. The van der Waals surface area contributed by atoms with Gasteiger partial charge in [0.15, 0.2) is 0 Å². The van der Waals surface area contributed by atoms with Gasteiger partial charge in [-0.25, -0.2) is 4.98 Å². The average Bonchev–Trinajstić information content (AvgIpc) is 2.43. The minimum Gasteiger partial charge on any atom is -0.439 e. The van der Waals surface area contributed by atoms with Crippen LogP contribution in [0.3, 0.4) is 0 Å². The molecular weight excluding hydrogens is 272 g/mol. The summed E-state index contributed by atoms with van der Waals surface area (Å²) in [5, 5.41) is 0.189. The predicted octanol–water partition coefficient (Wildman–Crippen LogP) is 4.92. The number of aromatic nitrogens is 2. The molecule has 0 amide bonds. The molecule has 0 aliphatic heterocycles. The molecule has 1 heterocycles. The Morgan fingerprint density at radius 3 is 2.45 bits per heavy atom. The van der Waals surface area contributed by atoms with Crippen molar-refractivity contribution in [3.63, 3.8) is 0 Å². The molecule has 0 N–H and O–H groups in total. The van der Waals surface area contributed by atoms with Crippen molar-refractivity contribution in [2.75, 3.05) is 0 Å². The fourth-order valence-electron chi connectivity index (χ4n) is 1.80. The first-order valence-corrected chi connectivity index (χ1v) is 7.07. The van der Waals surface area contributed by atoms with Crippen molar-refractivity contribution in [3.8, 4) is 11.6 Å². The van der Waals surface area contributed by atoms with Crippen LogP contribution in [0.5, 0.6) is 11.6 Å². The van der Waals surface area contributed by atoms with Crippen molar-refractivity contribution in [1.82, 2.24) is 9.97 Å². The number of benzene rings is 1. The standard InChI is InChI=1S/C16H19ClN2O/c1-5-16(3,4)12-6-8-13(9-7-12)20-14-11(2)10-18-15(17)19-14/h6-10H,5H2,1-4H3. The van der Waals surface area contributed by atoms with Crippen molar-refractivity contribution in [2.24, 2.45) is 0 Å². The first-order valence-electron chi connectivity index (χ1n) is 6.70. The molecular formula is C16H19ClN2O. The van der Waals surface area contributed by atoms with Crippen LogP contribution in [-0.4, -0.2) is 9.97 Å². The van der Waals surface area contributed by atoms with Crippen molar-refractivity contribution in [2.45, 2.75) is 39.5 Å². The van der Waals surface area contributed by atoms with E-state index in [1.807, 2.05) is 19.1 Å². The molecule has 0 saturated heterocycles. The molecule has 0 spiro atoms. The van der Waals surface area contributed by atoms with Gasteiger partial charge in [0, 0.05) is 11.8 Å². The summed E-state index contributed by atoms with van der Waals surface area (Å²) in [4.78, 5) is 8.00. The second kappa shape index (κ2) is 5.80. The van der Waals surface area contributed by atoms with Gasteiger partial charge in [-0.3, -0.25) is 0 Å². The maximum absolute atomic E-state index is 5.78. The molecule has 4 heteroatoms. The summed E-state index contributed by atoms with van der Waals surface area (Å²) in [6.45, 7) is 8.55. The maximum Gasteiger partial charge on any atom is 0.226 e. The van der Waals surface area contributed by atoms with E-state index < -0.39 is 0 Å². The summed E-state index contributed by atoms with van der Waals surface area (Å²) >= 11 is 5.78. The Hall–Kier alpha value is -1.61. The van der Waals surface area contributed by atoms with Gasteiger partial charge < -0.3 is 4.74 Å². The van der Waals surface area contributed by atoms with E-state index in [-0.39, 0.29) is 10.7 Å². The number of rotatable bonds is 4. The van der Waals surface area contributed by atoms with Gasteiger partial charge in [-0.05, 0) is 48.1 Å². The summed E-state index contributed by atoms with van der Waals surface area (Å²) in [5.41, 5.74) is 2.32. The highest BCUT2D eigenvalue weighted by Crippen LogP contribution is 2.29. The molecule has 0 saturated carbocycles. The number of aryl methyl sites for hydroxylation is 1. The van der Waals surface area contributed by atoms with E-state index in [2.05, 4.69) is 42.9 Å². The van der Waals surface area contributed by atoms with Crippen LogP contribution in [0.15, 0.2) is 30.5 Å². The van der Waals surface area contributed by atoms with Crippen molar-refractivity contribution in [3.05, 3.63) is 46.9 Å². The van der Waals surface area contributed by atoms with Gasteiger partial charge in [0.05, 0.1) is 0 Å². The third-order valence-electron chi connectivity index (χ3n) is 3.63. The van der Waals surface area contributed by atoms with Gasteiger partial charge in [0.25, 0.3) is 0 Å². The molecule has 0 radical (unpaired) electrons. The van der Waals surface area contributed by atoms with Crippen LogP contribution in [0.1, 0.15) is 38.3 Å². The van der Waals surface area contributed by atoms with E-state index in [9.17, 15) is 0 Å². The number of halogens is 1. The summed E-state index contributed by atoms with van der Waals surface area (Å²) in [5.74, 6) is 1.24. The molecule has 0 atom stereocenters. The molecule has 2 aromatic rings. The largest absolute Gasteiger partial charge is 0.439 e.